The zero-order valence-electron chi connectivity index (χ0n) is 14.0. The van der Waals surface area contributed by atoms with E-state index in [9.17, 15) is 4.79 Å². The summed E-state index contributed by atoms with van der Waals surface area (Å²) in [6.07, 6.45) is 3.95. The fraction of sp³-hybridized carbons (Fsp3) is 0.350. The third kappa shape index (κ3) is 4.37. The molecule has 2 aromatic carbocycles. The Bertz CT molecular complexity index is 706. The van der Waals surface area contributed by atoms with Crippen molar-refractivity contribution < 1.29 is 4.79 Å². The van der Waals surface area contributed by atoms with Gasteiger partial charge >= 0.3 is 0 Å². The molecule has 0 saturated carbocycles. The number of hydrogen-bond donors (Lipinski definition) is 1. The monoisotopic (exact) mass is 342 g/mol. The van der Waals surface area contributed by atoms with E-state index in [4.69, 9.17) is 11.6 Å². The number of benzene rings is 2. The molecule has 0 spiro atoms. The van der Waals surface area contributed by atoms with Gasteiger partial charge in [-0.05, 0) is 68.2 Å². The Balaban J connectivity index is 1.60. The van der Waals surface area contributed by atoms with Crippen molar-refractivity contribution in [2.75, 3.05) is 18.4 Å². The number of anilines is 1. The zero-order valence-corrected chi connectivity index (χ0v) is 14.8. The number of nitrogens with one attached hydrogen (secondary N) is 1. The first-order valence-electron chi connectivity index (χ1n) is 8.50. The molecule has 0 radical (unpaired) electrons. The molecule has 3 rings (SSSR count). The van der Waals surface area contributed by atoms with Gasteiger partial charge in [0, 0.05) is 22.8 Å². The van der Waals surface area contributed by atoms with Gasteiger partial charge in [0.2, 0.25) is 0 Å². The van der Waals surface area contributed by atoms with Crippen LogP contribution in [0.2, 0.25) is 5.02 Å². The number of aryl methyl sites for hydroxylation is 1. The van der Waals surface area contributed by atoms with Crippen LogP contribution < -0.4 is 5.32 Å². The van der Waals surface area contributed by atoms with Crippen molar-refractivity contribution in [1.82, 2.24) is 4.90 Å². The highest BCUT2D eigenvalue weighted by Crippen LogP contribution is 2.19. The van der Waals surface area contributed by atoms with Crippen molar-refractivity contribution in [1.29, 1.82) is 0 Å². The fourth-order valence-corrected chi connectivity index (χ4v) is 3.19. The van der Waals surface area contributed by atoms with E-state index in [0.717, 1.165) is 17.8 Å². The molecule has 0 atom stereocenters. The predicted molar refractivity (Wildman–Crippen MR) is 99.7 cm³/mol. The van der Waals surface area contributed by atoms with E-state index < -0.39 is 0 Å². The largest absolute Gasteiger partial charge is 0.322 e. The molecule has 1 N–H and O–H groups in total. The second-order valence-electron chi connectivity index (χ2n) is 6.45. The second-order valence-corrected chi connectivity index (χ2v) is 6.86. The first kappa shape index (κ1) is 17.0. The van der Waals surface area contributed by atoms with E-state index in [1.54, 1.807) is 12.1 Å². The molecule has 126 valence electrons. The molecular formula is C20H23ClN2O. The topological polar surface area (TPSA) is 32.3 Å². The molecule has 1 saturated heterocycles. The summed E-state index contributed by atoms with van der Waals surface area (Å²) in [4.78, 5) is 14.8. The maximum absolute atomic E-state index is 12.3. The minimum atomic E-state index is -0.138. The van der Waals surface area contributed by atoms with Gasteiger partial charge in [0.15, 0.2) is 0 Å². The second kappa shape index (κ2) is 7.82. The third-order valence-electron chi connectivity index (χ3n) is 4.50. The molecule has 1 amide bonds. The quantitative estimate of drug-likeness (QED) is 0.858. The number of halogens is 1. The van der Waals surface area contributed by atoms with Crippen LogP contribution in [0.5, 0.6) is 0 Å². The van der Waals surface area contributed by atoms with Gasteiger partial charge in [-0.1, -0.05) is 36.2 Å². The Kier molecular flexibility index (Phi) is 5.54. The molecule has 4 heteroatoms. The van der Waals surface area contributed by atoms with Crippen LogP contribution >= 0.6 is 11.6 Å². The van der Waals surface area contributed by atoms with E-state index in [2.05, 4.69) is 22.3 Å². The van der Waals surface area contributed by atoms with Gasteiger partial charge in [0.05, 0.1) is 0 Å². The Labute approximate surface area is 148 Å². The van der Waals surface area contributed by atoms with Crippen LogP contribution in [0.1, 0.15) is 40.7 Å². The van der Waals surface area contributed by atoms with Crippen molar-refractivity contribution in [2.45, 2.75) is 32.7 Å². The summed E-state index contributed by atoms with van der Waals surface area (Å²) in [6, 6.07) is 13.5. The molecule has 2 aromatic rings. The van der Waals surface area contributed by atoms with Gasteiger partial charge < -0.3 is 5.32 Å². The molecule has 1 heterocycles. The Hall–Kier alpha value is -1.84. The normalized spacial score (nSPS) is 15.2. The van der Waals surface area contributed by atoms with Crippen LogP contribution in [0.25, 0.3) is 0 Å². The first-order chi connectivity index (χ1) is 11.6. The van der Waals surface area contributed by atoms with Crippen molar-refractivity contribution in [3.8, 4) is 0 Å². The lowest BCUT2D eigenvalue weighted by Gasteiger charge is -2.26. The number of nitrogens with zero attached hydrogens (tertiary/aromatic N) is 1. The molecule has 1 aliphatic heterocycles. The molecule has 0 unspecified atom stereocenters. The van der Waals surface area contributed by atoms with Crippen LogP contribution in [-0.4, -0.2) is 23.9 Å². The lowest BCUT2D eigenvalue weighted by Crippen LogP contribution is -2.29. The number of piperidine rings is 1. The van der Waals surface area contributed by atoms with E-state index >= 15 is 0 Å². The zero-order chi connectivity index (χ0) is 16.9. The standard InChI is InChI=1S/C20H23ClN2O/c1-15-5-8-17(13-19(15)21)20(24)22-18-9-6-16(7-10-18)14-23-11-3-2-4-12-23/h5-10,13H,2-4,11-12,14H2,1H3,(H,22,24). The number of amides is 1. The number of carbonyl (C=O) groups is 1. The lowest BCUT2D eigenvalue weighted by molar-refractivity contribution is 0.102. The summed E-state index contributed by atoms with van der Waals surface area (Å²) < 4.78 is 0. The Morgan fingerprint density at radius 2 is 1.79 bits per heavy atom. The molecule has 0 aromatic heterocycles. The van der Waals surface area contributed by atoms with Gasteiger partial charge in [0.1, 0.15) is 0 Å². The number of hydrogen-bond acceptors (Lipinski definition) is 2. The average molecular weight is 343 g/mol. The molecule has 1 fully saturated rings. The number of rotatable bonds is 4. The summed E-state index contributed by atoms with van der Waals surface area (Å²) in [5, 5.41) is 3.54. The van der Waals surface area contributed by atoms with Crippen LogP contribution in [0.3, 0.4) is 0 Å². The van der Waals surface area contributed by atoms with Gasteiger partial charge in [-0.15, -0.1) is 0 Å². The van der Waals surface area contributed by atoms with Crippen LogP contribution in [0.15, 0.2) is 42.5 Å². The van der Waals surface area contributed by atoms with E-state index in [1.807, 2.05) is 25.1 Å². The minimum Gasteiger partial charge on any atom is -0.322 e. The predicted octanol–water partition coefficient (Wildman–Crippen LogP) is 4.89. The van der Waals surface area contributed by atoms with Crippen molar-refractivity contribution in [3.05, 3.63) is 64.2 Å². The van der Waals surface area contributed by atoms with Crippen molar-refractivity contribution in [3.63, 3.8) is 0 Å². The third-order valence-corrected chi connectivity index (χ3v) is 4.91. The highest BCUT2D eigenvalue weighted by Gasteiger charge is 2.11. The first-order valence-corrected chi connectivity index (χ1v) is 8.88. The number of carbonyl (C=O) groups excluding carboxylic acids is 1. The molecule has 0 bridgehead atoms. The van der Waals surface area contributed by atoms with Gasteiger partial charge in [-0.25, -0.2) is 0 Å². The highest BCUT2D eigenvalue weighted by molar-refractivity contribution is 6.31. The van der Waals surface area contributed by atoms with E-state index in [-0.39, 0.29) is 5.91 Å². The van der Waals surface area contributed by atoms with Crippen LogP contribution in [0, 0.1) is 6.92 Å². The molecule has 1 aliphatic rings. The maximum atomic E-state index is 12.3. The van der Waals surface area contributed by atoms with Crippen molar-refractivity contribution >= 4 is 23.2 Å². The molecule has 0 aliphatic carbocycles. The summed E-state index contributed by atoms with van der Waals surface area (Å²) in [5.74, 6) is -0.138. The van der Waals surface area contributed by atoms with Gasteiger partial charge in [0.25, 0.3) is 5.91 Å². The fourth-order valence-electron chi connectivity index (χ4n) is 3.01. The Morgan fingerprint density at radius 3 is 2.46 bits per heavy atom. The minimum absolute atomic E-state index is 0.138. The van der Waals surface area contributed by atoms with Gasteiger partial charge in [-0.2, -0.15) is 0 Å². The molecule has 3 nitrogen and oxygen atoms in total. The molecular weight excluding hydrogens is 320 g/mol. The highest BCUT2D eigenvalue weighted by atomic mass is 35.5. The SMILES string of the molecule is Cc1ccc(C(=O)Nc2ccc(CN3CCCCC3)cc2)cc1Cl. The molecule has 24 heavy (non-hydrogen) atoms. The van der Waals surface area contributed by atoms with E-state index in [0.29, 0.717) is 10.6 Å². The number of likely N-dealkylation sites (tertiary alicyclic amines) is 1. The summed E-state index contributed by atoms with van der Waals surface area (Å²) >= 11 is 6.09. The summed E-state index contributed by atoms with van der Waals surface area (Å²) in [7, 11) is 0. The van der Waals surface area contributed by atoms with E-state index in [1.165, 1.54) is 37.9 Å². The van der Waals surface area contributed by atoms with Crippen LogP contribution in [-0.2, 0) is 6.54 Å². The van der Waals surface area contributed by atoms with Crippen molar-refractivity contribution in [2.24, 2.45) is 0 Å². The summed E-state index contributed by atoms with van der Waals surface area (Å²) in [6.45, 7) is 5.28. The summed E-state index contributed by atoms with van der Waals surface area (Å²) in [5.41, 5.74) is 3.63. The van der Waals surface area contributed by atoms with Crippen LogP contribution in [0.4, 0.5) is 5.69 Å². The van der Waals surface area contributed by atoms with Gasteiger partial charge in [-0.3, -0.25) is 9.69 Å². The Morgan fingerprint density at radius 1 is 1.08 bits per heavy atom. The lowest BCUT2D eigenvalue weighted by atomic mass is 10.1. The smallest absolute Gasteiger partial charge is 0.255 e. The average Bonchev–Trinajstić information content (AvgIpc) is 2.60. The maximum Gasteiger partial charge on any atom is 0.255 e.